The molecule has 0 heterocycles. The van der Waals surface area contributed by atoms with Crippen LogP contribution in [-0.4, -0.2) is 11.1 Å². The van der Waals surface area contributed by atoms with Crippen molar-refractivity contribution in [1.82, 2.24) is 0 Å². The minimum absolute atomic E-state index is 0.0440. The lowest BCUT2D eigenvalue weighted by atomic mass is 9.69. The lowest BCUT2D eigenvalue weighted by Crippen LogP contribution is -2.29. The predicted molar refractivity (Wildman–Crippen MR) is 90.3 cm³/mol. The minimum atomic E-state index is -0.105. The van der Waals surface area contributed by atoms with Gasteiger partial charge in [-0.1, -0.05) is 19.8 Å². The van der Waals surface area contributed by atoms with Crippen LogP contribution in [0.2, 0.25) is 0 Å². The number of rotatable bonds is 3. The van der Waals surface area contributed by atoms with Crippen LogP contribution in [0.3, 0.4) is 0 Å². The number of carbonyl (C=O) groups excluding carboxylic acids is 1. The van der Waals surface area contributed by atoms with E-state index in [1.807, 2.05) is 0 Å². The van der Waals surface area contributed by atoms with E-state index < -0.39 is 0 Å². The molecule has 2 aliphatic rings. The van der Waals surface area contributed by atoms with Crippen molar-refractivity contribution in [2.75, 3.05) is 0 Å². The van der Waals surface area contributed by atoms with E-state index in [-0.39, 0.29) is 17.6 Å². The highest BCUT2D eigenvalue weighted by molar-refractivity contribution is 5.75. The summed E-state index contributed by atoms with van der Waals surface area (Å²) < 4.78 is 5.45. The minimum Gasteiger partial charge on any atom is -0.508 e. The number of aromatic hydroxyl groups is 1. The molecule has 1 N–H and O–H groups in total. The summed E-state index contributed by atoms with van der Waals surface area (Å²) in [6.45, 7) is 2.37. The second-order valence-corrected chi connectivity index (χ2v) is 7.55. The van der Waals surface area contributed by atoms with E-state index in [9.17, 15) is 9.90 Å². The Balaban J connectivity index is 1.46. The number of benzene rings is 1. The summed E-state index contributed by atoms with van der Waals surface area (Å²) in [6, 6.07) is 6.37. The Kier molecular flexibility index (Phi) is 5.24. The van der Waals surface area contributed by atoms with Gasteiger partial charge < -0.3 is 9.84 Å². The van der Waals surface area contributed by atoms with Crippen molar-refractivity contribution < 1.29 is 14.6 Å². The first kappa shape index (κ1) is 16.4. The number of phenols is 1. The van der Waals surface area contributed by atoms with Crippen LogP contribution >= 0.6 is 0 Å². The Labute approximate surface area is 139 Å². The molecule has 3 rings (SSSR count). The molecule has 0 saturated heterocycles. The highest BCUT2D eigenvalue weighted by Crippen LogP contribution is 2.41. The standard InChI is InChI=1S/C20H28O3/c1-14-2-4-15(5-3-14)16-6-8-17(9-7-16)20(22)23-19-12-10-18(21)11-13-19/h10-17,21H,2-9H2,1H3. The Hall–Kier alpha value is -1.51. The van der Waals surface area contributed by atoms with Gasteiger partial charge in [-0.3, -0.25) is 4.79 Å². The highest BCUT2D eigenvalue weighted by atomic mass is 16.5. The molecule has 2 aliphatic carbocycles. The van der Waals surface area contributed by atoms with Gasteiger partial charge in [-0.05, 0) is 80.5 Å². The average molecular weight is 316 g/mol. The van der Waals surface area contributed by atoms with Crippen molar-refractivity contribution >= 4 is 5.97 Å². The number of esters is 1. The summed E-state index contributed by atoms with van der Waals surface area (Å²) >= 11 is 0. The average Bonchev–Trinajstić information content (AvgIpc) is 2.58. The van der Waals surface area contributed by atoms with Crippen molar-refractivity contribution in [2.45, 2.75) is 58.3 Å². The number of phenolic OH excluding ortho intramolecular Hbond substituents is 1. The van der Waals surface area contributed by atoms with E-state index in [4.69, 9.17) is 4.74 Å². The predicted octanol–water partition coefficient (Wildman–Crippen LogP) is 4.93. The summed E-state index contributed by atoms with van der Waals surface area (Å²) in [4.78, 5) is 12.3. The molecule has 0 spiro atoms. The SMILES string of the molecule is CC1CCC(C2CCC(C(=O)Oc3ccc(O)cc3)CC2)CC1. The number of carbonyl (C=O) groups is 1. The summed E-state index contributed by atoms with van der Waals surface area (Å²) in [6.07, 6.45) is 9.81. The summed E-state index contributed by atoms with van der Waals surface area (Å²) in [5.74, 6) is 3.26. The number of hydrogen-bond acceptors (Lipinski definition) is 3. The van der Waals surface area contributed by atoms with Gasteiger partial charge >= 0.3 is 5.97 Å². The van der Waals surface area contributed by atoms with Crippen LogP contribution in [0.15, 0.2) is 24.3 Å². The maximum Gasteiger partial charge on any atom is 0.314 e. The number of ether oxygens (including phenoxy) is 1. The molecule has 126 valence electrons. The van der Waals surface area contributed by atoms with Gasteiger partial charge in [-0.15, -0.1) is 0 Å². The third-order valence-electron chi connectivity index (χ3n) is 5.89. The van der Waals surface area contributed by atoms with E-state index in [2.05, 4.69) is 6.92 Å². The molecule has 0 aliphatic heterocycles. The van der Waals surface area contributed by atoms with Gasteiger partial charge in [0.25, 0.3) is 0 Å². The third kappa shape index (κ3) is 4.27. The Bertz CT molecular complexity index is 506. The molecular weight excluding hydrogens is 288 g/mol. The maximum absolute atomic E-state index is 12.3. The second kappa shape index (κ2) is 7.37. The van der Waals surface area contributed by atoms with Crippen LogP contribution in [0.5, 0.6) is 11.5 Å². The molecule has 1 aromatic carbocycles. The molecule has 3 heteroatoms. The molecule has 23 heavy (non-hydrogen) atoms. The van der Waals surface area contributed by atoms with Gasteiger partial charge in [-0.25, -0.2) is 0 Å². The van der Waals surface area contributed by atoms with Gasteiger partial charge in [0.15, 0.2) is 0 Å². The summed E-state index contributed by atoms with van der Waals surface area (Å²) in [7, 11) is 0. The fraction of sp³-hybridized carbons (Fsp3) is 0.650. The quantitative estimate of drug-likeness (QED) is 0.635. The van der Waals surface area contributed by atoms with Crippen LogP contribution in [0.1, 0.15) is 58.3 Å². The lowest BCUT2D eigenvalue weighted by Gasteiger charge is -2.36. The zero-order valence-corrected chi connectivity index (χ0v) is 14.0. The van der Waals surface area contributed by atoms with E-state index >= 15 is 0 Å². The summed E-state index contributed by atoms with van der Waals surface area (Å²) in [5, 5.41) is 9.27. The highest BCUT2D eigenvalue weighted by Gasteiger charge is 2.32. The smallest absolute Gasteiger partial charge is 0.314 e. The summed E-state index contributed by atoms with van der Waals surface area (Å²) in [5.41, 5.74) is 0. The van der Waals surface area contributed by atoms with Crippen molar-refractivity contribution in [3.05, 3.63) is 24.3 Å². The Morgan fingerprint density at radius 3 is 2.00 bits per heavy atom. The van der Waals surface area contributed by atoms with Gasteiger partial charge in [0.2, 0.25) is 0 Å². The van der Waals surface area contributed by atoms with Gasteiger partial charge in [0.05, 0.1) is 5.92 Å². The molecule has 0 radical (unpaired) electrons. The van der Waals surface area contributed by atoms with Gasteiger partial charge in [0, 0.05) is 0 Å². The fourth-order valence-corrected chi connectivity index (χ4v) is 4.30. The third-order valence-corrected chi connectivity index (χ3v) is 5.89. The zero-order valence-electron chi connectivity index (χ0n) is 14.0. The van der Waals surface area contributed by atoms with Crippen molar-refractivity contribution in [2.24, 2.45) is 23.7 Å². The molecule has 2 saturated carbocycles. The molecule has 0 atom stereocenters. The van der Waals surface area contributed by atoms with Crippen LogP contribution in [-0.2, 0) is 4.79 Å². The van der Waals surface area contributed by atoms with E-state index in [0.29, 0.717) is 5.75 Å². The first-order valence-electron chi connectivity index (χ1n) is 9.12. The monoisotopic (exact) mass is 316 g/mol. The van der Waals surface area contributed by atoms with Crippen molar-refractivity contribution in [3.63, 3.8) is 0 Å². The van der Waals surface area contributed by atoms with Crippen LogP contribution in [0.4, 0.5) is 0 Å². The Morgan fingerprint density at radius 2 is 1.43 bits per heavy atom. The van der Waals surface area contributed by atoms with Crippen LogP contribution in [0.25, 0.3) is 0 Å². The first-order valence-corrected chi connectivity index (χ1v) is 9.12. The lowest BCUT2D eigenvalue weighted by molar-refractivity contribution is -0.140. The normalized spacial score (nSPS) is 31.5. The van der Waals surface area contributed by atoms with Crippen LogP contribution < -0.4 is 4.74 Å². The topological polar surface area (TPSA) is 46.5 Å². The van der Waals surface area contributed by atoms with E-state index in [1.165, 1.54) is 38.5 Å². The van der Waals surface area contributed by atoms with E-state index in [0.717, 1.165) is 30.6 Å². The molecule has 0 unspecified atom stereocenters. The first-order chi connectivity index (χ1) is 11.1. The molecule has 3 nitrogen and oxygen atoms in total. The van der Waals surface area contributed by atoms with E-state index in [1.54, 1.807) is 24.3 Å². The molecule has 0 bridgehead atoms. The zero-order chi connectivity index (χ0) is 16.2. The molecule has 0 amide bonds. The van der Waals surface area contributed by atoms with Gasteiger partial charge in [0.1, 0.15) is 11.5 Å². The maximum atomic E-state index is 12.3. The number of hydrogen-bond donors (Lipinski definition) is 1. The molecule has 0 aromatic heterocycles. The molecule has 2 fully saturated rings. The Morgan fingerprint density at radius 1 is 0.913 bits per heavy atom. The second-order valence-electron chi connectivity index (χ2n) is 7.55. The molecular formula is C20H28O3. The van der Waals surface area contributed by atoms with Crippen molar-refractivity contribution in [3.8, 4) is 11.5 Å². The molecule has 1 aromatic rings. The van der Waals surface area contributed by atoms with Crippen molar-refractivity contribution in [1.29, 1.82) is 0 Å². The van der Waals surface area contributed by atoms with Gasteiger partial charge in [-0.2, -0.15) is 0 Å². The largest absolute Gasteiger partial charge is 0.508 e. The van der Waals surface area contributed by atoms with Crippen LogP contribution in [0, 0.1) is 23.7 Å². The fourth-order valence-electron chi connectivity index (χ4n) is 4.30.